The lowest BCUT2D eigenvalue weighted by Crippen LogP contribution is -1.56. The number of hydrogen-bond acceptors (Lipinski definition) is 2. The fraction of sp³-hybridized carbons (Fsp3) is 1.00. The van der Waals surface area contributed by atoms with Crippen LogP contribution in [0.25, 0.3) is 0 Å². The zero-order chi connectivity index (χ0) is 3.58. The Morgan fingerprint density at radius 1 is 1.40 bits per heavy atom. The minimum Gasteiger partial charge on any atom is -0.232 e. The first-order valence-corrected chi connectivity index (χ1v) is 2.44. The van der Waals surface area contributed by atoms with Crippen LogP contribution in [0.15, 0.2) is 0 Å². The summed E-state index contributed by atoms with van der Waals surface area (Å²) < 4.78 is 18.1. The highest BCUT2D eigenvalue weighted by molar-refractivity contribution is 7.71. The van der Waals surface area contributed by atoms with Gasteiger partial charge in [-0.1, -0.05) is 0 Å². The highest BCUT2D eigenvalue weighted by Gasteiger charge is 1.44. The summed E-state index contributed by atoms with van der Waals surface area (Å²) >= 11 is 0. The molecule has 0 heterocycles. The SMILES string of the molecule is C[SH](=O)=O.[MgH2]. The van der Waals surface area contributed by atoms with Gasteiger partial charge in [0.2, 0.25) is 0 Å². The van der Waals surface area contributed by atoms with E-state index in [1.165, 1.54) is 0 Å². The standard InChI is InChI=1S/CH4O2S.Mg.2H/c1-4(2)3;;;/h4H,1H3;;;. The van der Waals surface area contributed by atoms with Crippen molar-refractivity contribution in [3.63, 3.8) is 0 Å². The molecule has 0 bridgehead atoms. The predicted molar refractivity (Wildman–Crippen MR) is 24.8 cm³/mol. The first kappa shape index (κ1) is 9.21. The molecule has 2 nitrogen and oxygen atoms in total. The zero-order valence-corrected chi connectivity index (χ0v) is 3.16. The third kappa shape index (κ3) is 67.8. The van der Waals surface area contributed by atoms with Crippen molar-refractivity contribution >= 4 is 33.8 Å². The van der Waals surface area contributed by atoms with E-state index in [0.717, 1.165) is 6.26 Å². The van der Waals surface area contributed by atoms with Crippen molar-refractivity contribution in [3.05, 3.63) is 0 Å². The van der Waals surface area contributed by atoms with E-state index in [1.54, 1.807) is 0 Å². The van der Waals surface area contributed by atoms with Crippen molar-refractivity contribution in [2.45, 2.75) is 0 Å². The van der Waals surface area contributed by atoms with Gasteiger partial charge in [0.25, 0.3) is 0 Å². The average molecular weight is 106 g/mol. The number of hydrogen-bond donors (Lipinski definition) is 1. The fourth-order valence-corrected chi connectivity index (χ4v) is 0. The van der Waals surface area contributed by atoms with Crippen LogP contribution in [0, 0.1) is 0 Å². The molecule has 0 amide bonds. The van der Waals surface area contributed by atoms with Crippen molar-refractivity contribution in [2.24, 2.45) is 0 Å². The van der Waals surface area contributed by atoms with Crippen LogP contribution >= 0.6 is 0 Å². The molecule has 0 spiro atoms. The van der Waals surface area contributed by atoms with Gasteiger partial charge in [0.05, 0.1) is 0 Å². The zero-order valence-electron chi connectivity index (χ0n) is 2.26. The second-order valence-corrected chi connectivity index (χ2v) is 1.32. The maximum Gasteiger partial charge on any atom is 0.316 e. The smallest absolute Gasteiger partial charge is 0.232 e. The Bertz CT molecular complexity index is 58.0. The topological polar surface area (TPSA) is 34.1 Å². The van der Waals surface area contributed by atoms with Crippen LogP contribution in [-0.2, 0) is 10.7 Å². The van der Waals surface area contributed by atoms with Crippen LogP contribution in [0.1, 0.15) is 0 Å². The molecule has 0 aromatic heterocycles. The Morgan fingerprint density at radius 2 is 1.40 bits per heavy atom. The van der Waals surface area contributed by atoms with Gasteiger partial charge in [0, 0.05) is 6.26 Å². The fourth-order valence-electron chi connectivity index (χ4n) is 0. The number of thiol groups is 1. The van der Waals surface area contributed by atoms with E-state index in [9.17, 15) is 0 Å². The molecule has 0 saturated heterocycles. The highest BCUT2D eigenvalue weighted by Crippen LogP contribution is 1.29. The predicted octanol–water partition coefficient (Wildman–Crippen LogP) is -1.69. The second-order valence-electron chi connectivity index (χ2n) is 0.440. The normalized spacial score (nSPS) is 6.80. The van der Waals surface area contributed by atoms with Crippen LogP contribution in [-0.4, -0.2) is 37.7 Å². The van der Waals surface area contributed by atoms with Crippen LogP contribution in [0.3, 0.4) is 0 Å². The molecule has 0 atom stereocenters. The Labute approximate surface area is 48.7 Å². The molecule has 0 aliphatic carbocycles. The third-order valence-electron chi connectivity index (χ3n) is 0. The van der Waals surface area contributed by atoms with Gasteiger partial charge in [-0.05, 0) is 0 Å². The van der Waals surface area contributed by atoms with Gasteiger partial charge in [0.15, 0.2) is 0 Å². The summed E-state index contributed by atoms with van der Waals surface area (Å²) in [6, 6.07) is 0. The molecule has 0 fully saturated rings. The van der Waals surface area contributed by atoms with E-state index >= 15 is 0 Å². The maximum atomic E-state index is 9.04. The van der Waals surface area contributed by atoms with Crippen LogP contribution < -0.4 is 0 Å². The third-order valence-corrected chi connectivity index (χ3v) is 0. The minimum atomic E-state index is -2.12. The molecule has 0 radical (unpaired) electrons. The molecule has 0 aliphatic rings. The van der Waals surface area contributed by atoms with E-state index < -0.39 is 10.7 Å². The van der Waals surface area contributed by atoms with Gasteiger partial charge >= 0.3 is 23.1 Å². The summed E-state index contributed by atoms with van der Waals surface area (Å²) in [5, 5.41) is 0. The summed E-state index contributed by atoms with van der Waals surface area (Å²) in [6.07, 6.45) is 1.12. The summed E-state index contributed by atoms with van der Waals surface area (Å²) in [4.78, 5) is 0. The summed E-state index contributed by atoms with van der Waals surface area (Å²) in [6.45, 7) is 0. The van der Waals surface area contributed by atoms with Crippen molar-refractivity contribution in [1.29, 1.82) is 0 Å². The van der Waals surface area contributed by atoms with E-state index in [0.29, 0.717) is 0 Å². The van der Waals surface area contributed by atoms with Gasteiger partial charge in [0.1, 0.15) is 10.7 Å². The Morgan fingerprint density at radius 3 is 1.40 bits per heavy atom. The highest BCUT2D eigenvalue weighted by atomic mass is 32.2. The molecule has 0 rings (SSSR count). The molecule has 0 aromatic rings. The molecular weight excluding hydrogens is 100 g/mol. The van der Waals surface area contributed by atoms with Gasteiger partial charge in [-0.15, -0.1) is 0 Å². The average Bonchev–Trinajstić information content (AvgIpc) is 0.811. The molecule has 0 aliphatic heterocycles. The molecular formula is CH6MgO2S. The van der Waals surface area contributed by atoms with E-state index in [-0.39, 0.29) is 23.1 Å². The lowest BCUT2D eigenvalue weighted by molar-refractivity contribution is 0.619. The molecule has 0 saturated carbocycles. The maximum absolute atomic E-state index is 9.04. The quantitative estimate of drug-likeness (QED) is 0.295. The molecule has 0 N–H and O–H groups in total. The molecule has 0 unspecified atom stereocenters. The molecule has 4 heteroatoms. The lowest BCUT2D eigenvalue weighted by Gasteiger charge is -1.41. The van der Waals surface area contributed by atoms with Crippen molar-refractivity contribution in [2.75, 3.05) is 6.26 Å². The minimum absolute atomic E-state index is 0. The summed E-state index contributed by atoms with van der Waals surface area (Å²) in [5.74, 6) is 0. The van der Waals surface area contributed by atoms with Crippen molar-refractivity contribution in [1.82, 2.24) is 0 Å². The summed E-state index contributed by atoms with van der Waals surface area (Å²) in [5.41, 5.74) is 0. The van der Waals surface area contributed by atoms with Crippen molar-refractivity contribution in [3.8, 4) is 0 Å². The van der Waals surface area contributed by atoms with E-state index in [4.69, 9.17) is 8.42 Å². The monoisotopic (exact) mass is 106 g/mol. The first-order chi connectivity index (χ1) is 1.73. The molecule has 5 heavy (non-hydrogen) atoms. The van der Waals surface area contributed by atoms with Crippen LogP contribution in [0.2, 0.25) is 0 Å². The van der Waals surface area contributed by atoms with Crippen molar-refractivity contribution < 1.29 is 8.42 Å². The van der Waals surface area contributed by atoms with Crippen LogP contribution in [0.5, 0.6) is 0 Å². The first-order valence-electron chi connectivity index (χ1n) is 0.812. The van der Waals surface area contributed by atoms with Crippen LogP contribution in [0.4, 0.5) is 0 Å². The van der Waals surface area contributed by atoms with Gasteiger partial charge in [-0.3, -0.25) is 0 Å². The van der Waals surface area contributed by atoms with Gasteiger partial charge in [-0.2, -0.15) is 0 Å². The van der Waals surface area contributed by atoms with Gasteiger partial charge < -0.3 is 0 Å². The Hall–Kier alpha value is 0.716. The second kappa shape index (κ2) is 4.72. The Kier molecular flexibility index (Phi) is 8.68. The largest absolute Gasteiger partial charge is 0.316 e. The number of rotatable bonds is 0. The molecule has 30 valence electrons. The Balaban J connectivity index is 0. The molecule has 0 aromatic carbocycles. The van der Waals surface area contributed by atoms with E-state index in [1.807, 2.05) is 0 Å². The van der Waals surface area contributed by atoms with E-state index in [2.05, 4.69) is 0 Å². The van der Waals surface area contributed by atoms with Gasteiger partial charge in [-0.25, -0.2) is 8.42 Å². The lowest BCUT2D eigenvalue weighted by atomic mass is 12.0. The summed E-state index contributed by atoms with van der Waals surface area (Å²) in [7, 11) is -2.12.